The van der Waals surface area contributed by atoms with Crippen LogP contribution in [0.15, 0.2) is 5.51 Å². The van der Waals surface area contributed by atoms with Crippen molar-refractivity contribution in [2.24, 2.45) is 0 Å². The van der Waals surface area contributed by atoms with Crippen LogP contribution in [0.1, 0.15) is 0 Å². The third-order valence-electron chi connectivity index (χ3n) is 1.62. The largest absolute Gasteiger partial charge is 0.460 e. The zero-order valence-electron chi connectivity index (χ0n) is 7.93. The molecule has 1 heterocycles. The van der Waals surface area contributed by atoms with Crippen LogP contribution in [0.2, 0.25) is 0 Å². The number of nitrogens with one attached hydrogen (secondary N) is 1. The summed E-state index contributed by atoms with van der Waals surface area (Å²) < 4.78 is 85.6. The molecule has 1 N–H and O–H groups in total. The molecule has 1 aromatic rings. The fourth-order valence-corrected chi connectivity index (χ4v) is 1.16. The second kappa shape index (κ2) is 4.33. The van der Waals surface area contributed by atoms with Crippen molar-refractivity contribution >= 4 is 22.4 Å². The van der Waals surface area contributed by atoms with Gasteiger partial charge in [0.2, 0.25) is 5.13 Å². The summed E-state index contributed by atoms with van der Waals surface area (Å²) in [5.41, 5.74) is 0.954. The number of amides is 1. The molecular weight excluding hydrogens is 295 g/mol. The highest BCUT2D eigenvalue weighted by molar-refractivity contribution is 7.13. The molecule has 18 heavy (non-hydrogen) atoms. The highest BCUT2D eigenvalue weighted by atomic mass is 32.1. The zero-order chi connectivity index (χ0) is 14.2. The van der Waals surface area contributed by atoms with Crippen molar-refractivity contribution in [2.75, 3.05) is 5.32 Å². The normalized spacial score (nSPS) is 13.5. The van der Waals surface area contributed by atoms with Crippen LogP contribution < -0.4 is 5.32 Å². The third kappa shape index (κ3) is 2.37. The van der Waals surface area contributed by atoms with Crippen molar-refractivity contribution < 1.29 is 35.5 Å². The van der Waals surface area contributed by atoms with Crippen molar-refractivity contribution in [3.63, 3.8) is 0 Å². The Morgan fingerprint density at radius 2 is 1.72 bits per heavy atom. The van der Waals surface area contributed by atoms with E-state index < -0.39 is 29.1 Å². The van der Waals surface area contributed by atoms with Gasteiger partial charge in [-0.2, -0.15) is 30.7 Å². The van der Waals surface area contributed by atoms with Crippen LogP contribution >= 0.6 is 11.3 Å². The molecule has 0 radical (unpaired) electrons. The Bertz CT molecular complexity index is 429. The van der Waals surface area contributed by atoms with Crippen molar-refractivity contribution in [2.45, 2.75) is 18.0 Å². The molecule has 0 aliphatic carbocycles. The highest BCUT2D eigenvalue weighted by Crippen LogP contribution is 2.46. The van der Waals surface area contributed by atoms with Gasteiger partial charge in [-0.05, 0) is 0 Å². The summed E-state index contributed by atoms with van der Waals surface area (Å²) in [4.78, 5) is 10.7. The molecular formula is C6H2F7N3OS. The Balaban J connectivity index is 2.96. The van der Waals surface area contributed by atoms with Crippen LogP contribution in [0.5, 0.6) is 0 Å². The SMILES string of the molecule is O=C(Nc1nncs1)C(F)(F)C(F)(F)C(F)(F)F. The average Bonchev–Trinajstić information content (AvgIpc) is 2.68. The molecule has 4 nitrogen and oxygen atoms in total. The number of carbonyl (C=O) groups excluding carboxylic acids is 1. The molecule has 0 bridgehead atoms. The highest BCUT2D eigenvalue weighted by Gasteiger charge is 2.76. The van der Waals surface area contributed by atoms with E-state index in [0.29, 0.717) is 11.3 Å². The fourth-order valence-electron chi connectivity index (χ4n) is 0.724. The van der Waals surface area contributed by atoms with Gasteiger partial charge in [-0.1, -0.05) is 11.3 Å². The molecule has 0 spiro atoms. The lowest BCUT2D eigenvalue weighted by molar-refractivity contribution is -0.343. The standard InChI is InChI=1S/C6H2F7N3OS/c7-4(8,5(9,10)6(11,12)13)2(17)15-3-16-14-1-18-3/h1H,(H,15,16,17). The Kier molecular flexibility index (Phi) is 3.51. The van der Waals surface area contributed by atoms with E-state index in [-0.39, 0.29) is 0 Å². The van der Waals surface area contributed by atoms with E-state index in [1.165, 1.54) is 0 Å². The van der Waals surface area contributed by atoms with Crippen LogP contribution in [0.4, 0.5) is 35.9 Å². The van der Waals surface area contributed by atoms with Gasteiger partial charge in [0.25, 0.3) is 0 Å². The summed E-state index contributed by atoms with van der Waals surface area (Å²) in [7, 11) is 0. The van der Waals surface area contributed by atoms with Crippen LogP contribution in [-0.4, -0.2) is 34.1 Å². The monoisotopic (exact) mass is 297 g/mol. The van der Waals surface area contributed by atoms with E-state index in [9.17, 15) is 35.5 Å². The van der Waals surface area contributed by atoms with Crippen LogP contribution in [0.25, 0.3) is 0 Å². The predicted octanol–water partition coefficient (Wildman–Crippen LogP) is 2.31. The maximum atomic E-state index is 12.8. The molecule has 0 fully saturated rings. The minimum atomic E-state index is -6.56. The van der Waals surface area contributed by atoms with Crippen molar-refractivity contribution in [3.8, 4) is 0 Å². The Labute approximate surface area is 97.8 Å². The van der Waals surface area contributed by atoms with E-state index in [1.54, 1.807) is 0 Å². The molecule has 0 aromatic carbocycles. The van der Waals surface area contributed by atoms with E-state index >= 15 is 0 Å². The second-order valence-electron chi connectivity index (χ2n) is 2.84. The number of alkyl halides is 7. The van der Waals surface area contributed by atoms with E-state index in [2.05, 4.69) is 10.2 Å². The summed E-state index contributed by atoms with van der Waals surface area (Å²) in [5, 5.41) is 6.55. The minimum absolute atomic E-state index is 0.472. The van der Waals surface area contributed by atoms with Gasteiger partial charge in [-0.3, -0.25) is 10.1 Å². The van der Waals surface area contributed by atoms with E-state index in [1.807, 2.05) is 0 Å². The lowest BCUT2D eigenvalue weighted by Gasteiger charge is -2.26. The molecule has 102 valence electrons. The third-order valence-corrected chi connectivity index (χ3v) is 2.22. The van der Waals surface area contributed by atoms with Gasteiger partial charge in [-0.25, -0.2) is 0 Å². The van der Waals surface area contributed by atoms with Crippen molar-refractivity contribution in [1.82, 2.24) is 10.2 Å². The molecule has 12 heteroatoms. The summed E-state index contributed by atoms with van der Waals surface area (Å²) in [6.45, 7) is 0. The molecule has 0 unspecified atom stereocenters. The Morgan fingerprint density at radius 3 is 2.11 bits per heavy atom. The first-order chi connectivity index (χ1) is 8.00. The molecule has 0 aliphatic heterocycles. The number of hydrogen-bond donors (Lipinski definition) is 1. The summed E-state index contributed by atoms with van der Waals surface area (Å²) in [6, 6.07) is 0. The Morgan fingerprint density at radius 1 is 1.17 bits per heavy atom. The second-order valence-corrected chi connectivity index (χ2v) is 3.68. The van der Waals surface area contributed by atoms with E-state index in [4.69, 9.17) is 0 Å². The number of aromatic nitrogens is 2. The van der Waals surface area contributed by atoms with Gasteiger partial charge < -0.3 is 0 Å². The maximum absolute atomic E-state index is 12.8. The van der Waals surface area contributed by atoms with E-state index in [0.717, 1.165) is 10.8 Å². The summed E-state index contributed by atoms with van der Waals surface area (Å²) in [6.07, 6.45) is -6.56. The number of hydrogen-bond acceptors (Lipinski definition) is 4. The molecule has 0 saturated heterocycles. The summed E-state index contributed by atoms with van der Waals surface area (Å²) in [5.74, 6) is -15.3. The lowest BCUT2D eigenvalue weighted by Crippen LogP contribution is -2.57. The first-order valence-electron chi connectivity index (χ1n) is 3.90. The molecule has 1 rings (SSSR count). The zero-order valence-corrected chi connectivity index (χ0v) is 8.75. The molecule has 0 saturated carbocycles. The number of anilines is 1. The predicted molar refractivity (Wildman–Crippen MR) is 44.5 cm³/mol. The quantitative estimate of drug-likeness (QED) is 0.871. The van der Waals surface area contributed by atoms with Gasteiger partial charge >= 0.3 is 23.9 Å². The van der Waals surface area contributed by atoms with Crippen LogP contribution in [0, 0.1) is 0 Å². The number of nitrogens with zero attached hydrogens (tertiary/aromatic N) is 2. The number of halogens is 7. The van der Waals surface area contributed by atoms with Crippen LogP contribution in [0.3, 0.4) is 0 Å². The molecule has 0 aliphatic rings. The van der Waals surface area contributed by atoms with Gasteiger partial charge in [-0.15, -0.1) is 10.2 Å². The van der Waals surface area contributed by atoms with Crippen molar-refractivity contribution in [1.29, 1.82) is 0 Å². The van der Waals surface area contributed by atoms with Crippen LogP contribution in [-0.2, 0) is 4.79 Å². The Hall–Kier alpha value is -1.46. The van der Waals surface area contributed by atoms with Gasteiger partial charge in [0.15, 0.2) is 0 Å². The van der Waals surface area contributed by atoms with Gasteiger partial charge in [0, 0.05) is 0 Å². The molecule has 1 aromatic heterocycles. The minimum Gasteiger partial charge on any atom is -0.295 e. The number of carbonyl (C=O) groups is 1. The maximum Gasteiger partial charge on any atom is 0.460 e. The molecule has 0 atom stereocenters. The summed E-state index contributed by atoms with van der Waals surface area (Å²) >= 11 is 0.472. The number of rotatable bonds is 3. The van der Waals surface area contributed by atoms with Gasteiger partial charge in [0.1, 0.15) is 5.51 Å². The van der Waals surface area contributed by atoms with Gasteiger partial charge in [0.05, 0.1) is 0 Å². The fraction of sp³-hybridized carbons (Fsp3) is 0.500. The lowest BCUT2D eigenvalue weighted by atomic mass is 10.1. The molecule has 1 amide bonds. The average molecular weight is 297 g/mol. The first-order valence-corrected chi connectivity index (χ1v) is 4.78. The topological polar surface area (TPSA) is 54.9 Å². The van der Waals surface area contributed by atoms with Crippen molar-refractivity contribution in [3.05, 3.63) is 5.51 Å². The smallest absolute Gasteiger partial charge is 0.295 e. The first kappa shape index (κ1) is 14.6.